The molecule has 2 atom stereocenters. The highest BCUT2D eigenvalue weighted by Crippen LogP contribution is 2.23. The Balaban J connectivity index is 1.64. The van der Waals surface area contributed by atoms with Crippen LogP contribution in [0.2, 0.25) is 0 Å². The Morgan fingerprint density at radius 1 is 1.20 bits per heavy atom. The van der Waals surface area contributed by atoms with Crippen molar-refractivity contribution in [2.75, 3.05) is 33.9 Å². The van der Waals surface area contributed by atoms with E-state index in [-0.39, 0.29) is 18.6 Å². The first-order valence-corrected chi connectivity index (χ1v) is 8.34. The van der Waals surface area contributed by atoms with Crippen molar-refractivity contribution in [2.45, 2.75) is 18.7 Å². The van der Waals surface area contributed by atoms with Crippen LogP contribution >= 0.6 is 0 Å². The Hall–Kier alpha value is -2.15. The highest BCUT2D eigenvalue weighted by atomic mass is 16.5. The van der Waals surface area contributed by atoms with E-state index in [1.807, 2.05) is 18.2 Å². The zero-order chi connectivity index (χ0) is 17.8. The minimum atomic E-state index is -0.564. The van der Waals surface area contributed by atoms with E-state index in [0.717, 1.165) is 23.1 Å². The molecule has 134 valence electrons. The smallest absolute Gasteiger partial charge is 0.246 e. The van der Waals surface area contributed by atoms with Gasteiger partial charge in [-0.25, -0.2) is 0 Å². The van der Waals surface area contributed by atoms with Crippen LogP contribution in [0.1, 0.15) is 5.56 Å². The van der Waals surface area contributed by atoms with Gasteiger partial charge in [0.15, 0.2) is 0 Å². The molecule has 0 aromatic heterocycles. The molecule has 6 nitrogen and oxygen atoms in total. The lowest BCUT2D eigenvalue weighted by atomic mass is 10.1. The fourth-order valence-corrected chi connectivity index (χ4v) is 3.27. The van der Waals surface area contributed by atoms with Crippen molar-refractivity contribution < 1.29 is 19.4 Å². The molecular weight excluding hydrogens is 320 g/mol. The first kappa shape index (κ1) is 17.7. The molecule has 0 unspecified atom stereocenters. The molecule has 3 rings (SSSR count). The molecule has 6 heteroatoms. The van der Waals surface area contributed by atoms with Gasteiger partial charge in [-0.1, -0.05) is 18.2 Å². The standard InChI is InChI=1S/C19H24N2O4/c1-24-12-19(23)20-17-10-21(11-18(17)22)9-13-3-4-15-8-16(25-2)6-5-14(15)7-13/h3-8,17-18,22H,9-12H2,1-2H3,(H,20,23)/t17-,18-/m1/s1. The number of nitrogens with one attached hydrogen (secondary N) is 1. The lowest BCUT2D eigenvalue weighted by Gasteiger charge is -2.17. The SMILES string of the molecule is COCC(=O)N[C@@H]1CN(Cc2ccc3cc(OC)ccc3c2)C[C@H]1O. The second kappa shape index (κ2) is 7.82. The van der Waals surface area contributed by atoms with Crippen molar-refractivity contribution in [1.29, 1.82) is 0 Å². The Labute approximate surface area is 147 Å². The van der Waals surface area contributed by atoms with E-state index in [0.29, 0.717) is 13.1 Å². The summed E-state index contributed by atoms with van der Waals surface area (Å²) in [5, 5.41) is 15.3. The zero-order valence-corrected chi connectivity index (χ0v) is 14.6. The maximum Gasteiger partial charge on any atom is 0.246 e. The fourth-order valence-electron chi connectivity index (χ4n) is 3.27. The molecule has 1 heterocycles. The fraction of sp³-hybridized carbons (Fsp3) is 0.421. The summed E-state index contributed by atoms with van der Waals surface area (Å²) in [6.45, 7) is 1.91. The maximum atomic E-state index is 11.6. The number of hydrogen-bond acceptors (Lipinski definition) is 5. The molecule has 0 radical (unpaired) electrons. The Bertz CT molecular complexity index is 749. The van der Waals surface area contributed by atoms with Crippen LogP contribution in [0.4, 0.5) is 0 Å². The number of aliphatic hydroxyl groups is 1. The number of nitrogens with zero attached hydrogens (tertiary/aromatic N) is 1. The average molecular weight is 344 g/mol. The van der Waals surface area contributed by atoms with E-state index in [2.05, 4.69) is 28.4 Å². The topological polar surface area (TPSA) is 71.0 Å². The predicted octanol–water partition coefficient (Wildman–Crippen LogP) is 1.16. The number of amides is 1. The summed E-state index contributed by atoms with van der Waals surface area (Å²) in [6.07, 6.45) is -0.564. The van der Waals surface area contributed by atoms with Gasteiger partial charge in [0.2, 0.25) is 5.91 Å². The van der Waals surface area contributed by atoms with Gasteiger partial charge < -0.3 is 19.9 Å². The number of likely N-dealkylation sites (tertiary alicyclic amines) is 1. The van der Waals surface area contributed by atoms with Crippen LogP contribution in [-0.4, -0.2) is 62.0 Å². The number of carbonyl (C=O) groups excluding carboxylic acids is 1. The van der Waals surface area contributed by atoms with Crippen molar-refractivity contribution in [1.82, 2.24) is 10.2 Å². The van der Waals surface area contributed by atoms with Gasteiger partial charge in [-0.3, -0.25) is 9.69 Å². The molecule has 0 saturated carbocycles. The number of hydrogen-bond donors (Lipinski definition) is 2. The molecule has 0 aliphatic carbocycles. The third-order valence-corrected chi connectivity index (χ3v) is 4.50. The molecule has 1 fully saturated rings. The highest BCUT2D eigenvalue weighted by Gasteiger charge is 2.32. The number of aliphatic hydroxyl groups excluding tert-OH is 1. The lowest BCUT2D eigenvalue weighted by molar-refractivity contribution is -0.125. The Morgan fingerprint density at radius 2 is 1.96 bits per heavy atom. The monoisotopic (exact) mass is 344 g/mol. The van der Waals surface area contributed by atoms with Crippen LogP contribution in [0, 0.1) is 0 Å². The van der Waals surface area contributed by atoms with Gasteiger partial charge in [-0.2, -0.15) is 0 Å². The van der Waals surface area contributed by atoms with Gasteiger partial charge in [0, 0.05) is 26.7 Å². The van der Waals surface area contributed by atoms with Crippen LogP contribution in [0.5, 0.6) is 5.75 Å². The van der Waals surface area contributed by atoms with Crippen LogP contribution in [0.25, 0.3) is 10.8 Å². The number of methoxy groups -OCH3 is 2. The number of β-amino-alcohol motifs (C(OH)–C–C–N with tert-alkyl or cyclic N) is 1. The van der Waals surface area contributed by atoms with E-state index >= 15 is 0 Å². The molecule has 25 heavy (non-hydrogen) atoms. The van der Waals surface area contributed by atoms with E-state index < -0.39 is 6.10 Å². The van der Waals surface area contributed by atoms with Gasteiger partial charge in [-0.05, 0) is 34.5 Å². The summed E-state index contributed by atoms with van der Waals surface area (Å²) in [7, 11) is 3.14. The highest BCUT2D eigenvalue weighted by molar-refractivity contribution is 5.84. The summed E-state index contributed by atoms with van der Waals surface area (Å²) < 4.78 is 10.1. The van der Waals surface area contributed by atoms with Crippen LogP contribution in [0.3, 0.4) is 0 Å². The van der Waals surface area contributed by atoms with Gasteiger partial charge >= 0.3 is 0 Å². The minimum absolute atomic E-state index is 0.0113. The summed E-state index contributed by atoms with van der Waals surface area (Å²) in [5.41, 5.74) is 1.17. The number of benzene rings is 2. The molecule has 1 amide bonds. The third kappa shape index (κ3) is 4.28. The van der Waals surface area contributed by atoms with E-state index in [1.54, 1.807) is 7.11 Å². The first-order chi connectivity index (χ1) is 12.1. The number of rotatable bonds is 6. The van der Waals surface area contributed by atoms with Gasteiger partial charge in [0.1, 0.15) is 12.4 Å². The molecule has 1 aliphatic rings. The molecule has 0 spiro atoms. The summed E-state index contributed by atoms with van der Waals surface area (Å²) in [4.78, 5) is 13.8. The number of fused-ring (bicyclic) bond motifs is 1. The second-order valence-corrected chi connectivity index (χ2v) is 6.42. The second-order valence-electron chi connectivity index (χ2n) is 6.42. The van der Waals surface area contributed by atoms with E-state index in [9.17, 15) is 9.90 Å². The van der Waals surface area contributed by atoms with Crippen LogP contribution < -0.4 is 10.1 Å². The van der Waals surface area contributed by atoms with Gasteiger partial charge in [0.25, 0.3) is 0 Å². The minimum Gasteiger partial charge on any atom is -0.497 e. The largest absolute Gasteiger partial charge is 0.497 e. The molecule has 0 bridgehead atoms. The molecule has 1 aliphatic heterocycles. The molecule has 1 saturated heterocycles. The first-order valence-electron chi connectivity index (χ1n) is 8.34. The van der Waals surface area contributed by atoms with Crippen molar-refractivity contribution in [3.8, 4) is 5.75 Å². The summed E-state index contributed by atoms with van der Waals surface area (Å²) in [5.74, 6) is 0.644. The molecular formula is C19H24N2O4. The molecule has 2 aromatic rings. The van der Waals surface area contributed by atoms with Crippen LogP contribution in [-0.2, 0) is 16.1 Å². The number of carbonyl (C=O) groups is 1. The molecule has 2 N–H and O–H groups in total. The lowest BCUT2D eigenvalue weighted by Crippen LogP contribution is -2.44. The van der Waals surface area contributed by atoms with Gasteiger partial charge in [-0.15, -0.1) is 0 Å². The quantitative estimate of drug-likeness (QED) is 0.823. The maximum absolute atomic E-state index is 11.6. The normalized spacial score (nSPS) is 20.8. The summed E-state index contributed by atoms with van der Waals surface area (Å²) in [6, 6.07) is 12.1. The Kier molecular flexibility index (Phi) is 5.53. The van der Waals surface area contributed by atoms with E-state index in [4.69, 9.17) is 9.47 Å². The van der Waals surface area contributed by atoms with Crippen molar-refractivity contribution in [2.24, 2.45) is 0 Å². The summed E-state index contributed by atoms with van der Waals surface area (Å²) >= 11 is 0. The average Bonchev–Trinajstić information content (AvgIpc) is 2.93. The van der Waals surface area contributed by atoms with Crippen molar-refractivity contribution in [3.05, 3.63) is 42.0 Å². The third-order valence-electron chi connectivity index (χ3n) is 4.50. The zero-order valence-electron chi connectivity index (χ0n) is 14.6. The number of ether oxygens (including phenoxy) is 2. The Morgan fingerprint density at radius 3 is 2.72 bits per heavy atom. The predicted molar refractivity (Wildman–Crippen MR) is 95.6 cm³/mol. The van der Waals surface area contributed by atoms with E-state index in [1.165, 1.54) is 12.7 Å². The van der Waals surface area contributed by atoms with Gasteiger partial charge in [0.05, 0.1) is 19.3 Å². The van der Waals surface area contributed by atoms with Crippen molar-refractivity contribution >= 4 is 16.7 Å². The molecule has 2 aromatic carbocycles. The van der Waals surface area contributed by atoms with Crippen molar-refractivity contribution in [3.63, 3.8) is 0 Å². The van der Waals surface area contributed by atoms with Crippen LogP contribution in [0.15, 0.2) is 36.4 Å².